The Morgan fingerprint density at radius 1 is 1.38 bits per heavy atom. The first-order chi connectivity index (χ1) is 10.0. The number of esters is 1. The Hall–Kier alpha value is -1.59. The topological polar surface area (TPSA) is 67.8 Å². The molecule has 0 saturated carbocycles. The lowest BCUT2D eigenvalue weighted by molar-refractivity contribution is -0.141. The van der Waals surface area contributed by atoms with Gasteiger partial charge in [-0.2, -0.15) is 0 Å². The molecule has 2 N–H and O–H groups in total. The summed E-state index contributed by atoms with van der Waals surface area (Å²) >= 11 is 0. The second-order valence-corrected chi connectivity index (χ2v) is 4.95. The summed E-state index contributed by atoms with van der Waals surface area (Å²) in [4.78, 5) is 11.3. The molecule has 0 aromatic heterocycles. The van der Waals surface area contributed by atoms with E-state index in [0.717, 1.165) is 23.4 Å². The molecule has 1 aromatic rings. The molecule has 1 rings (SSSR count). The van der Waals surface area contributed by atoms with E-state index in [1.54, 1.807) is 7.11 Å². The summed E-state index contributed by atoms with van der Waals surface area (Å²) in [5.41, 5.74) is 1.80. The molecule has 118 valence electrons. The van der Waals surface area contributed by atoms with Crippen LogP contribution in [-0.4, -0.2) is 37.9 Å². The maximum atomic E-state index is 11.3. The van der Waals surface area contributed by atoms with E-state index in [1.165, 1.54) is 7.11 Å². The van der Waals surface area contributed by atoms with Crippen molar-refractivity contribution in [1.29, 1.82) is 0 Å². The third-order valence-electron chi connectivity index (χ3n) is 3.53. The predicted molar refractivity (Wildman–Crippen MR) is 81.4 cm³/mol. The number of ether oxygens (including phenoxy) is 2. The summed E-state index contributed by atoms with van der Waals surface area (Å²) in [6, 6.07) is 5.39. The Labute approximate surface area is 126 Å². The summed E-state index contributed by atoms with van der Waals surface area (Å²) < 4.78 is 9.83. The van der Waals surface area contributed by atoms with Crippen molar-refractivity contribution in [2.75, 3.05) is 20.8 Å². The van der Waals surface area contributed by atoms with E-state index in [-0.39, 0.29) is 18.4 Å². The standard InChI is InChI=1S/C16H25NO4/c1-5-17-14(8-9-15(18)21-4)16(19)13-7-6-12(20-3)10-11(13)2/h6-7,10,14,16-17,19H,5,8-9H2,1-4H3. The van der Waals surface area contributed by atoms with E-state index in [2.05, 4.69) is 10.1 Å². The lowest BCUT2D eigenvalue weighted by Crippen LogP contribution is -2.35. The molecule has 2 unspecified atom stereocenters. The number of aryl methyl sites for hydroxylation is 1. The van der Waals surface area contributed by atoms with Crippen LogP contribution in [0.2, 0.25) is 0 Å². The predicted octanol–water partition coefficient (Wildman–Crippen LogP) is 1.97. The number of hydrogen-bond donors (Lipinski definition) is 2. The van der Waals surface area contributed by atoms with Gasteiger partial charge in [0.25, 0.3) is 0 Å². The van der Waals surface area contributed by atoms with Gasteiger partial charge in [-0.1, -0.05) is 13.0 Å². The van der Waals surface area contributed by atoms with Crippen molar-refractivity contribution >= 4 is 5.97 Å². The van der Waals surface area contributed by atoms with Crippen LogP contribution >= 0.6 is 0 Å². The van der Waals surface area contributed by atoms with Crippen molar-refractivity contribution < 1.29 is 19.4 Å². The molecule has 2 atom stereocenters. The first-order valence-corrected chi connectivity index (χ1v) is 7.16. The van der Waals surface area contributed by atoms with E-state index in [0.29, 0.717) is 6.42 Å². The minimum Gasteiger partial charge on any atom is -0.497 e. The van der Waals surface area contributed by atoms with Crippen LogP contribution in [0.3, 0.4) is 0 Å². The molecule has 0 spiro atoms. The highest BCUT2D eigenvalue weighted by atomic mass is 16.5. The number of carbonyl (C=O) groups is 1. The van der Waals surface area contributed by atoms with Crippen LogP contribution in [0.5, 0.6) is 5.75 Å². The summed E-state index contributed by atoms with van der Waals surface area (Å²) in [6.07, 6.45) is 0.119. The molecule has 0 fully saturated rings. The van der Waals surface area contributed by atoms with Crippen LogP contribution in [0, 0.1) is 6.92 Å². The number of carbonyl (C=O) groups excluding carboxylic acids is 1. The Morgan fingerprint density at radius 2 is 2.10 bits per heavy atom. The Balaban J connectivity index is 2.84. The number of hydrogen-bond acceptors (Lipinski definition) is 5. The molecule has 0 saturated heterocycles. The molecular weight excluding hydrogens is 270 g/mol. The van der Waals surface area contributed by atoms with Gasteiger partial charge in [0, 0.05) is 12.5 Å². The smallest absolute Gasteiger partial charge is 0.305 e. The number of rotatable bonds is 8. The fourth-order valence-corrected chi connectivity index (χ4v) is 2.33. The Kier molecular flexibility index (Phi) is 7.19. The zero-order valence-corrected chi connectivity index (χ0v) is 13.2. The fraction of sp³-hybridized carbons (Fsp3) is 0.562. The third kappa shape index (κ3) is 5.02. The molecule has 0 aliphatic heterocycles. The molecule has 0 heterocycles. The molecule has 21 heavy (non-hydrogen) atoms. The van der Waals surface area contributed by atoms with Gasteiger partial charge in [-0.3, -0.25) is 4.79 Å². The normalized spacial score (nSPS) is 13.6. The number of methoxy groups -OCH3 is 2. The van der Waals surface area contributed by atoms with Gasteiger partial charge in [0.15, 0.2) is 0 Å². The third-order valence-corrected chi connectivity index (χ3v) is 3.53. The molecule has 5 nitrogen and oxygen atoms in total. The summed E-state index contributed by atoms with van der Waals surface area (Å²) in [5, 5.41) is 13.8. The van der Waals surface area contributed by atoms with E-state index in [9.17, 15) is 9.90 Å². The van der Waals surface area contributed by atoms with Crippen LogP contribution < -0.4 is 10.1 Å². The SMILES string of the molecule is CCNC(CCC(=O)OC)C(O)c1ccc(OC)cc1C. The van der Waals surface area contributed by atoms with Crippen LogP contribution in [-0.2, 0) is 9.53 Å². The van der Waals surface area contributed by atoms with Gasteiger partial charge in [0.2, 0.25) is 0 Å². The van der Waals surface area contributed by atoms with Gasteiger partial charge in [-0.25, -0.2) is 0 Å². The van der Waals surface area contributed by atoms with Gasteiger partial charge in [0.05, 0.1) is 20.3 Å². The fourth-order valence-electron chi connectivity index (χ4n) is 2.33. The van der Waals surface area contributed by atoms with Crippen molar-refractivity contribution in [2.24, 2.45) is 0 Å². The van der Waals surface area contributed by atoms with Gasteiger partial charge in [-0.15, -0.1) is 0 Å². The quantitative estimate of drug-likeness (QED) is 0.718. The lowest BCUT2D eigenvalue weighted by atomic mass is 9.95. The maximum Gasteiger partial charge on any atom is 0.305 e. The lowest BCUT2D eigenvalue weighted by Gasteiger charge is -2.25. The maximum absolute atomic E-state index is 11.3. The highest BCUT2D eigenvalue weighted by Gasteiger charge is 2.22. The van der Waals surface area contributed by atoms with Crippen molar-refractivity contribution in [3.05, 3.63) is 29.3 Å². The van der Waals surface area contributed by atoms with Crippen LogP contribution in [0.1, 0.15) is 37.0 Å². The van der Waals surface area contributed by atoms with Gasteiger partial charge in [0.1, 0.15) is 5.75 Å². The summed E-state index contributed by atoms with van der Waals surface area (Å²) in [6.45, 7) is 4.63. The molecule has 0 radical (unpaired) electrons. The van der Waals surface area contributed by atoms with Gasteiger partial charge in [-0.05, 0) is 43.1 Å². The van der Waals surface area contributed by atoms with E-state index < -0.39 is 6.10 Å². The zero-order chi connectivity index (χ0) is 15.8. The van der Waals surface area contributed by atoms with Crippen molar-refractivity contribution in [3.63, 3.8) is 0 Å². The molecule has 0 aliphatic rings. The highest BCUT2D eigenvalue weighted by molar-refractivity contribution is 5.69. The average molecular weight is 295 g/mol. The van der Waals surface area contributed by atoms with E-state index >= 15 is 0 Å². The van der Waals surface area contributed by atoms with Crippen molar-refractivity contribution in [2.45, 2.75) is 38.8 Å². The van der Waals surface area contributed by atoms with Crippen molar-refractivity contribution in [3.8, 4) is 5.75 Å². The van der Waals surface area contributed by atoms with Crippen molar-refractivity contribution in [1.82, 2.24) is 5.32 Å². The molecule has 0 amide bonds. The monoisotopic (exact) mass is 295 g/mol. The minimum absolute atomic E-state index is 0.193. The first-order valence-electron chi connectivity index (χ1n) is 7.16. The highest BCUT2D eigenvalue weighted by Crippen LogP contribution is 2.26. The molecule has 5 heteroatoms. The Morgan fingerprint density at radius 3 is 2.62 bits per heavy atom. The largest absolute Gasteiger partial charge is 0.497 e. The van der Waals surface area contributed by atoms with E-state index in [4.69, 9.17) is 4.74 Å². The Bertz CT molecular complexity index is 462. The second kappa shape index (κ2) is 8.64. The van der Waals surface area contributed by atoms with E-state index in [1.807, 2.05) is 32.0 Å². The average Bonchev–Trinajstić information content (AvgIpc) is 2.50. The number of likely N-dealkylation sites (N-methyl/N-ethyl adjacent to an activating group) is 1. The molecule has 1 aromatic carbocycles. The zero-order valence-electron chi connectivity index (χ0n) is 13.2. The minimum atomic E-state index is -0.680. The number of benzene rings is 1. The summed E-state index contributed by atoms with van der Waals surface area (Å²) in [5.74, 6) is 0.495. The number of nitrogens with one attached hydrogen (secondary N) is 1. The number of aliphatic hydroxyl groups excluding tert-OH is 1. The van der Waals surface area contributed by atoms with Crippen LogP contribution in [0.15, 0.2) is 18.2 Å². The second-order valence-electron chi connectivity index (χ2n) is 4.95. The van der Waals surface area contributed by atoms with Crippen LogP contribution in [0.25, 0.3) is 0 Å². The van der Waals surface area contributed by atoms with Gasteiger partial charge >= 0.3 is 5.97 Å². The molecule has 0 aliphatic carbocycles. The summed E-state index contributed by atoms with van der Waals surface area (Å²) in [7, 11) is 2.98. The number of aliphatic hydroxyl groups is 1. The first kappa shape index (κ1) is 17.5. The van der Waals surface area contributed by atoms with Crippen LogP contribution in [0.4, 0.5) is 0 Å². The molecular formula is C16H25NO4. The van der Waals surface area contributed by atoms with Gasteiger partial charge < -0.3 is 19.9 Å². The molecule has 0 bridgehead atoms.